The van der Waals surface area contributed by atoms with Gasteiger partial charge in [-0.05, 0) is 75.9 Å². The lowest BCUT2D eigenvalue weighted by molar-refractivity contribution is -0.139. The SMILES string of the molecule is C=C(C#N)C(=O)OCCc1ccc(N(c2ccc(C=C(c3ccccc3)c3ccccc3)cc2)c2ccc(CCOC(=O)C(=C)C#N)cc2)cc1. The number of ether oxygens (including phenoxy) is 2. The summed E-state index contributed by atoms with van der Waals surface area (Å²) in [6.45, 7) is 7.05. The van der Waals surface area contributed by atoms with Crippen LogP contribution in [0.3, 0.4) is 0 Å². The van der Waals surface area contributed by atoms with E-state index in [1.165, 1.54) is 0 Å². The Bertz CT molecular complexity index is 1980. The predicted molar refractivity (Wildman–Crippen MR) is 200 cm³/mol. The van der Waals surface area contributed by atoms with Gasteiger partial charge in [0.05, 0.1) is 13.2 Å². The number of benzene rings is 5. The van der Waals surface area contributed by atoms with E-state index in [1.807, 2.05) is 84.9 Å². The smallest absolute Gasteiger partial charge is 0.348 e. The van der Waals surface area contributed by atoms with Crippen LogP contribution in [0.4, 0.5) is 17.1 Å². The Morgan fingerprint density at radius 2 is 0.941 bits per heavy atom. The highest BCUT2D eigenvalue weighted by molar-refractivity contribution is 5.93. The largest absolute Gasteiger partial charge is 0.461 e. The highest BCUT2D eigenvalue weighted by atomic mass is 16.5. The molecule has 0 fully saturated rings. The molecule has 0 aliphatic heterocycles. The molecule has 0 radical (unpaired) electrons. The molecule has 250 valence electrons. The Labute approximate surface area is 298 Å². The second-order valence-corrected chi connectivity index (χ2v) is 11.5. The quantitative estimate of drug-likeness (QED) is 0.0503. The summed E-state index contributed by atoms with van der Waals surface area (Å²) in [7, 11) is 0. The molecule has 0 aromatic heterocycles. The second-order valence-electron chi connectivity index (χ2n) is 11.5. The number of carbonyl (C=O) groups excluding carboxylic acids is 2. The molecule has 0 saturated carbocycles. The van der Waals surface area contributed by atoms with Gasteiger partial charge in [-0.1, -0.05) is 110 Å². The van der Waals surface area contributed by atoms with E-state index in [0.29, 0.717) is 12.8 Å². The van der Waals surface area contributed by atoms with Crippen LogP contribution in [0.5, 0.6) is 0 Å². The molecule has 0 amide bonds. The van der Waals surface area contributed by atoms with E-state index in [4.69, 9.17) is 20.0 Å². The first-order chi connectivity index (χ1) is 24.9. The van der Waals surface area contributed by atoms with Crippen molar-refractivity contribution in [2.45, 2.75) is 12.8 Å². The average Bonchev–Trinajstić information content (AvgIpc) is 3.18. The van der Waals surface area contributed by atoms with Gasteiger partial charge in [0, 0.05) is 29.9 Å². The van der Waals surface area contributed by atoms with Crippen molar-refractivity contribution >= 4 is 40.6 Å². The van der Waals surface area contributed by atoms with Gasteiger partial charge in [-0.15, -0.1) is 0 Å². The maximum absolute atomic E-state index is 11.8. The summed E-state index contributed by atoms with van der Waals surface area (Å²) >= 11 is 0. The van der Waals surface area contributed by atoms with Crippen LogP contribution in [0.15, 0.2) is 158 Å². The van der Waals surface area contributed by atoms with Crippen molar-refractivity contribution in [3.8, 4) is 12.1 Å². The number of rotatable bonds is 14. The maximum atomic E-state index is 11.8. The van der Waals surface area contributed by atoms with E-state index >= 15 is 0 Å². The Hall–Kier alpha value is -6.96. The number of nitrogens with zero attached hydrogens (tertiary/aromatic N) is 3. The number of hydrogen-bond donors (Lipinski definition) is 0. The predicted octanol–water partition coefficient (Wildman–Crippen LogP) is 9.08. The molecule has 0 spiro atoms. The Morgan fingerprint density at radius 1 is 0.569 bits per heavy atom. The third-order valence-electron chi connectivity index (χ3n) is 8.03. The summed E-state index contributed by atoms with van der Waals surface area (Å²) in [5.41, 5.74) is 8.69. The Kier molecular flexibility index (Phi) is 12.1. The standard InChI is InChI=1S/C44H35N3O4/c1-32(30-45)43(48)50-27-25-34-13-19-39(20-14-34)47(40-21-15-35(16-22-40)26-28-51-44(49)33(2)31-46)41-23-17-36(18-24-41)29-42(37-9-5-3-6-10-37)38-11-7-4-8-12-38/h3-24,29H,1-2,25-28H2. The monoisotopic (exact) mass is 669 g/mol. The summed E-state index contributed by atoms with van der Waals surface area (Å²) in [5.74, 6) is -1.43. The van der Waals surface area contributed by atoms with Crippen LogP contribution < -0.4 is 4.90 Å². The maximum Gasteiger partial charge on any atom is 0.348 e. The molecule has 5 rings (SSSR count). The highest BCUT2D eigenvalue weighted by Gasteiger charge is 2.14. The van der Waals surface area contributed by atoms with Crippen LogP contribution in [0, 0.1) is 22.7 Å². The second kappa shape index (κ2) is 17.4. The number of esters is 2. The molecule has 51 heavy (non-hydrogen) atoms. The van der Waals surface area contributed by atoms with Gasteiger partial charge in [-0.2, -0.15) is 10.5 Å². The fraction of sp³-hybridized carbons (Fsp3) is 0.0909. The van der Waals surface area contributed by atoms with Crippen molar-refractivity contribution in [3.05, 3.63) is 186 Å². The van der Waals surface area contributed by atoms with Crippen molar-refractivity contribution in [1.82, 2.24) is 0 Å². The fourth-order valence-corrected chi connectivity index (χ4v) is 5.31. The van der Waals surface area contributed by atoms with Gasteiger partial charge < -0.3 is 14.4 Å². The van der Waals surface area contributed by atoms with Gasteiger partial charge in [-0.3, -0.25) is 0 Å². The van der Waals surface area contributed by atoms with E-state index in [9.17, 15) is 9.59 Å². The van der Waals surface area contributed by atoms with Crippen molar-refractivity contribution in [2.75, 3.05) is 18.1 Å². The lowest BCUT2D eigenvalue weighted by atomic mass is 9.95. The zero-order valence-electron chi connectivity index (χ0n) is 28.0. The van der Waals surface area contributed by atoms with Crippen LogP contribution in [0.2, 0.25) is 0 Å². The third kappa shape index (κ3) is 9.57. The molecule has 0 N–H and O–H groups in total. The first kappa shape index (κ1) is 35.3. The van der Waals surface area contributed by atoms with Gasteiger partial charge in [0.2, 0.25) is 0 Å². The first-order valence-corrected chi connectivity index (χ1v) is 16.3. The van der Waals surface area contributed by atoms with Crippen LogP contribution in [0.1, 0.15) is 27.8 Å². The van der Waals surface area contributed by atoms with E-state index < -0.39 is 11.9 Å². The molecule has 7 nitrogen and oxygen atoms in total. The molecule has 0 atom stereocenters. The molecule has 0 unspecified atom stereocenters. The molecule has 0 bridgehead atoms. The van der Waals surface area contributed by atoms with Gasteiger partial charge >= 0.3 is 11.9 Å². The van der Waals surface area contributed by atoms with E-state index in [2.05, 4.69) is 72.7 Å². The molecule has 0 saturated heterocycles. The van der Waals surface area contributed by atoms with E-state index in [0.717, 1.165) is 50.5 Å². The number of hydrogen-bond acceptors (Lipinski definition) is 7. The van der Waals surface area contributed by atoms with E-state index in [1.54, 1.807) is 12.1 Å². The summed E-state index contributed by atoms with van der Waals surface area (Å²) in [4.78, 5) is 25.8. The van der Waals surface area contributed by atoms with Gasteiger partial charge in [-0.25, -0.2) is 9.59 Å². The van der Waals surface area contributed by atoms with E-state index in [-0.39, 0.29) is 24.4 Å². The molecule has 7 heteroatoms. The molecule has 5 aromatic rings. The summed E-state index contributed by atoms with van der Waals surface area (Å²) < 4.78 is 10.3. The van der Waals surface area contributed by atoms with Gasteiger partial charge in [0.1, 0.15) is 23.3 Å². The minimum Gasteiger partial charge on any atom is -0.461 e. The van der Waals surface area contributed by atoms with Crippen molar-refractivity contribution in [3.63, 3.8) is 0 Å². The summed E-state index contributed by atoms with van der Waals surface area (Å²) in [5, 5.41) is 17.7. The number of anilines is 3. The van der Waals surface area contributed by atoms with Crippen molar-refractivity contribution in [2.24, 2.45) is 0 Å². The lowest BCUT2D eigenvalue weighted by Crippen LogP contribution is -2.11. The van der Waals surface area contributed by atoms with Crippen molar-refractivity contribution in [1.29, 1.82) is 10.5 Å². The van der Waals surface area contributed by atoms with Crippen molar-refractivity contribution < 1.29 is 19.1 Å². The minimum absolute atomic E-state index is 0.132. The average molecular weight is 670 g/mol. The zero-order valence-corrected chi connectivity index (χ0v) is 28.0. The Morgan fingerprint density at radius 3 is 1.31 bits per heavy atom. The van der Waals surface area contributed by atoms with Crippen LogP contribution in [0.25, 0.3) is 11.6 Å². The zero-order chi connectivity index (χ0) is 36.0. The highest BCUT2D eigenvalue weighted by Crippen LogP contribution is 2.36. The molecule has 0 aliphatic carbocycles. The topological polar surface area (TPSA) is 103 Å². The number of nitriles is 2. The minimum atomic E-state index is -0.715. The molecular weight excluding hydrogens is 635 g/mol. The Balaban J connectivity index is 1.41. The molecule has 0 aliphatic rings. The van der Waals surface area contributed by atoms with Gasteiger partial charge in [0.25, 0.3) is 0 Å². The first-order valence-electron chi connectivity index (χ1n) is 16.3. The lowest BCUT2D eigenvalue weighted by Gasteiger charge is -2.26. The number of carbonyl (C=O) groups is 2. The van der Waals surface area contributed by atoms with Gasteiger partial charge in [0.15, 0.2) is 0 Å². The van der Waals surface area contributed by atoms with Crippen LogP contribution >= 0.6 is 0 Å². The van der Waals surface area contributed by atoms with Crippen LogP contribution in [-0.4, -0.2) is 25.2 Å². The fourth-order valence-electron chi connectivity index (χ4n) is 5.31. The normalized spacial score (nSPS) is 10.2. The molecular formula is C44H35N3O4. The summed E-state index contributed by atoms with van der Waals surface area (Å²) in [6.07, 6.45) is 3.16. The summed E-state index contributed by atoms with van der Waals surface area (Å²) in [6, 6.07) is 48.4. The third-order valence-corrected chi connectivity index (χ3v) is 8.03. The molecule has 5 aromatic carbocycles. The molecule has 0 heterocycles. The van der Waals surface area contributed by atoms with Crippen LogP contribution in [-0.2, 0) is 31.9 Å².